The largest absolute Gasteiger partial charge is 1.00 e. The molecule has 0 spiro atoms. The first-order chi connectivity index (χ1) is 6.11. The van der Waals surface area contributed by atoms with Crippen LogP contribution in [0.2, 0.25) is 0 Å². The predicted molar refractivity (Wildman–Crippen MR) is 37.7 cm³/mol. The summed E-state index contributed by atoms with van der Waals surface area (Å²) >= 11 is 0. The first-order valence-corrected chi connectivity index (χ1v) is 4.21. The number of rotatable bonds is 2. The van der Waals surface area contributed by atoms with Gasteiger partial charge in [0.2, 0.25) is 0 Å². The van der Waals surface area contributed by atoms with E-state index in [2.05, 4.69) is 0 Å². The van der Waals surface area contributed by atoms with Gasteiger partial charge in [0.1, 0.15) is 0 Å². The summed E-state index contributed by atoms with van der Waals surface area (Å²) in [6.45, 7) is 0. The topological polar surface area (TPSA) is 80.3 Å². The van der Waals surface area contributed by atoms with Crippen molar-refractivity contribution < 1.29 is 64.6 Å². The zero-order valence-corrected chi connectivity index (χ0v) is 10.4. The van der Waals surface area contributed by atoms with E-state index in [1.807, 2.05) is 0 Å². The van der Waals surface area contributed by atoms with Crippen LogP contribution >= 0.6 is 0 Å². The van der Waals surface area contributed by atoms with E-state index in [4.69, 9.17) is 0 Å². The standard InChI is InChI=1S/C9H10O4.2Ag/c10-8(11)6-4-1-2-5(3-4)7(6)9(12)13;;/h1-2,4-7H,3H2,(H,10,11)(H,12,13);;/q;2*+1/p-2. The number of carboxylic acid groups (broad SMARTS) is 2. The second-order valence-electron chi connectivity index (χ2n) is 3.64. The van der Waals surface area contributed by atoms with E-state index in [0.29, 0.717) is 6.42 Å². The third kappa shape index (κ3) is 2.46. The van der Waals surface area contributed by atoms with Crippen molar-refractivity contribution in [3.05, 3.63) is 12.2 Å². The van der Waals surface area contributed by atoms with Crippen LogP contribution in [-0.4, -0.2) is 11.9 Å². The van der Waals surface area contributed by atoms with Crippen molar-refractivity contribution in [3.8, 4) is 0 Å². The Labute approximate surface area is 118 Å². The fourth-order valence-corrected chi connectivity index (χ4v) is 2.46. The van der Waals surface area contributed by atoms with Gasteiger partial charge in [0.25, 0.3) is 0 Å². The molecule has 4 atom stereocenters. The molecule has 0 aromatic heterocycles. The fourth-order valence-electron chi connectivity index (χ4n) is 2.46. The van der Waals surface area contributed by atoms with Crippen LogP contribution in [-0.2, 0) is 54.3 Å². The number of allylic oxidation sites excluding steroid dienone is 2. The monoisotopic (exact) mass is 394 g/mol. The summed E-state index contributed by atoms with van der Waals surface area (Å²) in [5.41, 5.74) is 0. The molecule has 1 fully saturated rings. The normalized spacial score (nSPS) is 35.5. The molecular formula is C9H8Ag2O4. The maximum absolute atomic E-state index is 10.7. The Bertz CT molecular complexity index is 274. The van der Waals surface area contributed by atoms with Crippen molar-refractivity contribution in [3.63, 3.8) is 0 Å². The Kier molecular flexibility index (Phi) is 5.54. The van der Waals surface area contributed by atoms with Gasteiger partial charge in [-0.25, -0.2) is 0 Å². The van der Waals surface area contributed by atoms with Crippen LogP contribution in [0.5, 0.6) is 0 Å². The summed E-state index contributed by atoms with van der Waals surface area (Å²) in [7, 11) is 0. The molecule has 90 valence electrons. The SMILES string of the molecule is O=C([O-])C1C2C=CC(C2)C1C(=O)[O-].[Ag+].[Ag+]. The van der Waals surface area contributed by atoms with E-state index >= 15 is 0 Å². The van der Waals surface area contributed by atoms with Gasteiger partial charge in [0.15, 0.2) is 0 Å². The number of hydrogen-bond donors (Lipinski definition) is 0. The molecule has 0 aliphatic heterocycles. The summed E-state index contributed by atoms with van der Waals surface area (Å²) in [5, 5.41) is 21.3. The maximum Gasteiger partial charge on any atom is 1.00 e. The molecule has 4 unspecified atom stereocenters. The van der Waals surface area contributed by atoms with Crippen molar-refractivity contribution in [2.45, 2.75) is 6.42 Å². The minimum atomic E-state index is -1.27. The zero-order chi connectivity index (χ0) is 9.59. The number of hydrogen-bond acceptors (Lipinski definition) is 4. The van der Waals surface area contributed by atoms with Crippen LogP contribution in [0.25, 0.3) is 0 Å². The van der Waals surface area contributed by atoms with Gasteiger partial charge in [-0.2, -0.15) is 0 Å². The summed E-state index contributed by atoms with van der Waals surface area (Å²) in [6, 6.07) is 0. The molecule has 2 aliphatic carbocycles. The molecule has 15 heavy (non-hydrogen) atoms. The molecule has 0 amide bonds. The Morgan fingerprint density at radius 2 is 1.27 bits per heavy atom. The molecule has 0 aromatic carbocycles. The Morgan fingerprint density at radius 1 is 0.933 bits per heavy atom. The fraction of sp³-hybridized carbons (Fsp3) is 0.556. The van der Waals surface area contributed by atoms with Crippen LogP contribution in [0.1, 0.15) is 6.42 Å². The molecule has 6 heteroatoms. The minimum Gasteiger partial charge on any atom is -0.550 e. The molecule has 1 saturated carbocycles. The van der Waals surface area contributed by atoms with Crippen LogP contribution < -0.4 is 10.2 Å². The van der Waals surface area contributed by atoms with Crippen LogP contribution in [0.15, 0.2) is 12.2 Å². The molecule has 0 heterocycles. The molecule has 0 aromatic rings. The van der Waals surface area contributed by atoms with E-state index in [9.17, 15) is 19.8 Å². The first kappa shape index (κ1) is 15.2. The minimum absolute atomic E-state index is 0. The van der Waals surface area contributed by atoms with Gasteiger partial charge in [-0.15, -0.1) is 0 Å². The second kappa shape index (κ2) is 5.48. The summed E-state index contributed by atoms with van der Waals surface area (Å²) in [5.74, 6) is -4.66. The quantitative estimate of drug-likeness (QED) is 0.397. The third-order valence-electron chi connectivity index (χ3n) is 3.00. The van der Waals surface area contributed by atoms with Crippen molar-refractivity contribution >= 4 is 11.9 Å². The Balaban J connectivity index is 0.000000980. The predicted octanol–water partition coefficient (Wildman–Crippen LogP) is -2.08. The van der Waals surface area contributed by atoms with Gasteiger partial charge in [-0.05, 0) is 18.3 Å². The third-order valence-corrected chi connectivity index (χ3v) is 3.00. The molecule has 0 N–H and O–H groups in total. The van der Waals surface area contributed by atoms with Crippen molar-refractivity contribution in [1.29, 1.82) is 0 Å². The molecule has 4 nitrogen and oxygen atoms in total. The van der Waals surface area contributed by atoms with Crippen molar-refractivity contribution in [1.82, 2.24) is 0 Å². The van der Waals surface area contributed by atoms with Crippen LogP contribution in [0, 0.1) is 23.7 Å². The summed E-state index contributed by atoms with van der Waals surface area (Å²) in [4.78, 5) is 21.3. The average Bonchev–Trinajstić information content (AvgIpc) is 2.60. The van der Waals surface area contributed by atoms with Gasteiger partial charge in [0, 0.05) is 23.8 Å². The molecule has 0 radical (unpaired) electrons. The summed E-state index contributed by atoms with van der Waals surface area (Å²) < 4.78 is 0. The van der Waals surface area contributed by atoms with Gasteiger partial charge in [-0.3, -0.25) is 0 Å². The summed E-state index contributed by atoms with van der Waals surface area (Å²) in [6.07, 6.45) is 4.15. The smallest absolute Gasteiger partial charge is 0.550 e. The zero-order valence-electron chi connectivity index (χ0n) is 7.41. The Hall–Kier alpha value is 0.161. The van der Waals surface area contributed by atoms with Crippen molar-refractivity contribution in [2.24, 2.45) is 23.7 Å². The van der Waals surface area contributed by atoms with Crippen molar-refractivity contribution in [2.75, 3.05) is 0 Å². The molecule has 2 bridgehead atoms. The first-order valence-electron chi connectivity index (χ1n) is 4.21. The van der Waals surface area contributed by atoms with E-state index < -0.39 is 23.8 Å². The molecule has 2 aliphatic rings. The Morgan fingerprint density at radius 3 is 1.53 bits per heavy atom. The molecule has 2 rings (SSSR count). The van der Waals surface area contributed by atoms with E-state index in [0.717, 1.165) is 0 Å². The second-order valence-corrected chi connectivity index (χ2v) is 3.64. The van der Waals surface area contributed by atoms with Gasteiger partial charge >= 0.3 is 44.8 Å². The maximum atomic E-state index is 10.7. The van der Waals surface area contributed by atoms with Crippen LogP contribution in [0.3, 0.4) is 0 Å². The van der Waals surface area contributed by atoms with Gasteiger partial charge in [0.05, 0.1) is 0 Å². The number of aliphatic carboxylic acids is 2. The van der Waals surface area contributed by atoms with E-state index in [1.165, 1.54) is 0 Å². The average molecular weight is 396 g/mol. The number of carbonyl (C=O) groups excluding carboxylic acids is 2. The van der Waals surface area contributed by atoms with E-state index in [1.54, 1.807) is 12.2 Å². The number of carboxylic acids is 2. The van der Waals surface area contributed by atoms with Gasteiger partial charge in [-0.1, -0.05) is 12.2 Å². The van der Waals surface area contributed by atoms with Gasteiger partial charge < -0.3 is 19.8 Å². The number of carbonyl (C=O) groups is 2. The molecule has 0 saturated heterocycles. The van der Waals surface area contributed by atoms with Crippen LogP contribution in [0.4, 0.5) is 0 Å². The van der Waals surface area contributed by atoms with E-state index in [-0.39, 0.29) is 56.6 Å². The molecular weight excluding hydrogens is 388 g/mol. The number of fused-ring (bicyclic) bond motifs is 2.